The predicted molar refractivity (Wildman–Crippen MR) is 304 cm³/mol. The minimum atomic E-state index is 0.515. The molecule has 0 aliphatic rings. The van der Waals surface area contributed by atoms with Crippen LogP contribution >= 0.6 is 0 Å². The van der Waals surface area contributed by atoms with Gasteiger partial charge in [-0.05, 0) is 83.9 Å². The molecule has 354 valence electrons. The molecule has 0 spiro atoms. The van der Waals surface area contributed by atoms with E-state index >= 15 is 0 Å². The van der Waals surface area contributed by atoms with Crippen LogP contribution in [0.25, 0.3) is 139 Å². The number of nitrogens with zero attached hydrogens (tertiary/aromatic N) is 10. The molecule has 0 radical (unpaired) electrons. The maximum atomic E-state index is 8.67. The number of aromatic nitrogens is 9. The van der Waals surface area contributed by atoms with Crippen LogP contribution in [0.2, 0.25) is 0 Å². The van der Waals surface area contributed by atoms with E-state index in [4.69, 9.17) is 36.5 Å². The van der Waals surface area contributed by atoms with E-state index in [9.17, 15) is 0 Å². The van der Waals surface area contributed by atoms with Crippen LogP contribution in [0.1, 0.15) is 0 Å². The zero-order valence-electron chi connectivity index (χ0n) is 40.6. The van der Waals surface area contributed by atoms with Gasteiger partial charge in [-0.3, -0.25) is 4.98 Å². The lowest BCUT2D eigenvalue weighted by molar-refractivity contribution is 1.07. The van der Waals surface area contributed by atoms with Gasteiger partial charge in [0.2, 0.25) is 0 Å². The van der Waals surface area contributed by atoms with Gasteiger partial charge in [-0.1, -0.05) is 158 Å². The Kier molecular flexibility index (Phi) is 10.6. The lowest BCUT2D eigenvalue weighted by Gasteiger charge is -2.20. The van der Waals surface area contributed by atoms with Crippen LogP contribution < -0.4 is 0 Å². The average Bonchev–Trinajstić information content (AvgIpc) is 4.02. The molecule has 5 aromatic heterocycles. The summed E-state index contributed by atoms with van der Waals surface area (Å²) in [5.41, 5.74) is 13.2. The average molecular weight is 973 g/mol. The van der Waals surface area contributed by atoms with Gasteiger partial charge in [-0.15, -0.1) is 0 Å². The highest BCUT2D eigenvalue weighted by molar-refractivity contribution is 6.13. The molecule has 10 nitrogen and oxygen atoms in total. The van der Waals surface area contributed by atoms with Crippen LogP contribution in [0.3, 0.4) is 0 Å². The van der Waals surface area contributed by atoms with Crippen molar-refractivity contribution < 1.29 is 0 Å². The van der Waals surface area contributed by atoms with Crippen LogP contribution in [-0.4, -0.2) is 44.0 Å². The molecule has 0 amide bonds. The quantitative estimate of drug-likeness (QED) is 0.133. The molecule has 0 unspecified atom stereocenters. The molecule has 0 atom stereocenters. The highest BCUT2D eigenvalue weighted by Crippen LogP contribution is 2.44. The lowest BCUT2D eigenvalue weighted by atomic mass is 10.0. The van der Waals surface area contributed by atoms with Crippen LogP contribution in [0.5, 0.6) is 0 Å². The maximum absolute atomic E-state index is 8.67. The van der Waals surface area contributed by atoms with Crippen molar-refractivity contribution >= 4 is 49.3 Å². The van der Waals surface area contributed by atoms with Crippen LogP contribution in [0.4, 0.5) is 5.69 Å². The molecule has 0 aliphatic heterocycles. The minimum absolute atomic E-state index is 0.515. The summed E-state index contributed by atoms with van der Waals surface area (Å²) in [6.07, 6.45) is 3.55. The van der Waals surface area contributed by atoms with Gasteiger partial charge in [0.25, 0.3) is 0 Å². The second-order valence-corrected chi connectivity index (χ2v) is 18.5. The largest absolute Gasteiger partial charge is 0.308 e. The molecule has 10 heteroatoms. The zero-order valence-corrected chi connectivity index (χ0v) is 40.6. The van der Waals surface area contributed by atoms with E-state index in [1.54, 1.807) is 12.4 Å². The smallest absolute Gasteiger partial charge is 0.197 e. The molecule has 5 heterocycles. The van der Waals surface area contributed by atoms with E-state index < -0.39 is 0 Å². The summed E-state index contributed by atoms with van der Waals surface area (Å²) in [7, 11) is 0. The molecule has 0 saturated heterocycles. The Bertz CT molecular complexity index is 4450. The topological polar surface area (TPSA) is 104 Å². The van der Waals surface area contributed by atoms with Crippen molar-refractivity contribution in [2.45, 2.75) is 0 Å². The molecule has 14 aromatic rings. The Morgan fingerprint density at radius 3 is 1.03 bits per heavy atom. The Labute approximate surface area is 436 Å². The minimum Gasteiger partial charge on any atom is -0.308 e. The third-order valence-corrected chi connectivity index (χ3v) is 13.9. The number of hydrogen-bond donors (Lipinski definition) is 0. The van der Waals surface area contributed by atoms with Crippen LogP contribution in [0, 0.1) is 6.57 Å². The fourth-order valence-electron chi connectivity index (χ4n) is 10.4. The van der Waals surface area contributed by atoms with Gasteiger partial charge in [-0.25, -0.2) is 34.7 Å². The molecule has 0 aliphatic carbocycles. The van der Waals surface area contributed by atoms with Crippen molar-refractivity contribution in [1.82, 2.24) is 44.0 Å². The summed E-state index contributed by atoms with van der Waals surface area (Å²) in [4.78, 5) is 38.9. The summed E-state index contributed by atoms with van der Waals surface area (Å²) in [6, 6.07) is 78.1. The first kappa shape index (κ1) is 44.0. The van der Waals surface area contributed by atoms with Crippen molar-refractivity contribution in [3.63, 3.8) is 0 Å². The third-order valence-electron chi connectivity index (χ3n) is 13.9. The number of pyridine rings is 1. The maximum Gasteiger partial charge on any atom is 0.197 e. The van der Waals surface area contributed by atoms with E-state index in [1.165, 1.54) is 0 Å². The van der Waals surface area contributed by atoms with E-state index in [0.717, 1.165) is 99.5 Å². The molecular formula is C66H40N10. The third kappa shape index (κ3) is 7.63. The fourth-order valence-corrected chi connectivity index (χ4v) is 10.4. The Morgan fingerprint density at radius 2 is 0.632 bits per heavy atom. The summed E-state index contributed by atoms with van der Waals surface area (Å²) >= 11 is 0. The standard InChI is InChI=1S/C66H40N10/c1-67-54-41-60(76-56-29-17-15-27-50(56)53-39-48(31-33-58(53)76)66-73-63(45-22-10-4-11-23-45)70-64(74-66)46-24-12-5-13-25-46)59(40-51(54)42-34-36-68-37-35-42)75-55-28-16-14-26-49(55)52-38-47(30-32-57(52)75)65-71-61(43-18-6-2-7-19-43)69-62(72-65)44-20-8-3-9-21-44/h2-41H. The predicted octanol–water partition coefficient (Wildman–Crippen LogP) is 15.9. The molecular weight excluding hydrogens is 933 g/mol. The van der Waals surface area contributed by atoms with Crippen molar-refractivity contribution in [3.8, 4) is 90.8 Å². The summed E-state index contributed by atoms with van der Waals surface area (Å²) in [5.74, 6) is 3.53. The summed E-state index contributed by atoms with van der Waals surface area (Å²) in [6.45, 7) is 8.67. The SMILES string of the molecule is [C-]#[N+]c1cc(-n2c3ccccc3c3cc(-c4nc(-c5ccccc5)nc(-c5ccccc5)n4)ccc32)c(-n2c3ccccc3c3cc(-c4nc(-c5ccccc5)nc(-c5ccccc5)n4)ccc32)cc1-c1ccncc1. The van der Waals surface area contributed by atoms with Crippen molar-refractivity contribution in [3.05, 3.63) is 254 Å². The second kappa shape index (κ2) is 18.4. The number of benzene rings is 9. The van der Waals surface area contributed by atoms with Crippen molar-refractivity contribution in [2.24, 2.45) is 0 Å². The van der Waals surface area contributed by atoms with Crippen molar-refractivity contribution in [2.75, 3.05) is 0 Å². The highest BCUT2D eigenvalue weighted by Gasteiger charge is 2.24. The summed E-state index contributed by atoms with van der Waals surface area (Å²) < 4.78 is 4.62. The van der Waals surface area contributed by atoms with Gasteiger partial charge in [0.05, 0.1) is 40.0 Å². The van der Waals surface area contributed by atoms with Crippen LogP contribution in [0.15, 0.2) is 243 Å². The van der Waals surface area contributed by atoms with E-state index in [0.29, 0.717) is 40.6 Å². The monoisotopic (exact) mass is 972 g/mol. The Hall–Kier alpha value is -10.8. The number of fused-ring (bicyclic) bond motifs is 6. The summed E-state index contributed by atoms with van der Waals surface area (Å²) in [5, 5.41) is 4.14. The fraction of sp³-hybridized carbons (Fsp3) is 0. The van der Waals surface area contributed by atoms with Gasteiger partial charge in [0.1, 0.15) is 0 Å². The zero-order chi connectivity index (χ0) is 50.5. The van der Waals surface area contributed by atoms with Crippen LogP contribution in [-0.2, 0) is 0 Å². The van der Waals surface area contributed by atoms with E-state index in [-0.39, 0.29) is 0 Å². The lowest BCUT2D eigenvalue weighted by Crippen LogP contribution is -2.04. The molecule has 0 bridgehead atoms. The molecule has 9 aromatic carbocycles. The first-order valence-electron chi connectivity index (χ1n) is 24.9. The van der Waals surface area contributed by atoms with E-state index in [1.807, 2.05) is 140 Å². The molecule has 0 N–H and O–H groups in total. The molecule has 0 fully saturated rings. The second-order valence-electron chi connectivity index (χ2n) is 18.5. The molecule has 0 saturated carbocycles. The number of hydrogen-bond acceptors (Lipinski definition) is 7. The normalized spacial score (nSPS) is 11.4. The molecule has 14 rings (SSSR count). The van der Waals surface area contributed by atoms with Gasteiger partial charge < -0.3 is 9.13 Å². The Balaban J connectivity index is 0.998. The number of para-hydroxylation sites is 2. The number of rotatable bonds is 9. The van der Waals surface area contributed by atoms with Gasteiger partial charge in [0, 0.05) is 67.3 Å². The first-order valence-corrected chi connectivity index (χ1v) is 24.9. The Morgan fingerprint density at radius 1 is 0.289 bits per heavy atom. The first-order chi connectivity index (χ1) is 37.6. The van der Waals surface area contributed by atoms with Crippen molar-refractivity contribution in [1.29, 1.82) is 0 Å². The highest BCUT2D eigenvalue weighted by atomic mass is 15.1. The molecule has 76 heavy (non-hydrogen) atoms. The van der Waals surface area contributed by atoms with E-state index in [2.05, 4.69) is 110 Å². The van der Waals surface area contributed by atoms with Gasteiger partial charge in [0.15, 0.2) is 40.6 Å². The van der Waals surface area contributed by atoms with Gasteiger partial charge >= 0.3 is 0 Å². The van der Waals surface area contributed by atoms with Gasteiger partial charge in [-0.2, -0.15) is 0 Å².